The van der Waals surface area contributed by atoms with Crippen molar-refractivity contribution in [3.8, 4) is 0 Å². The van der Waals surface area contributed by atoms with E-state index >= 15 is 0 Å². The Morgan fingerprint density at radius 2 is 2.42 bits per heavy atom. The molecule has 19 heavy (non-hydrogen) atoms. The Bertz CT molecular complexity index is 434. The minimum Gasteiger partial charge on any atom is -0.394 e. The highest BCUT2D eigenvalue weighted by Gasteiger charge is 2.29. The van der Waals surface area contributed by atoms with Gasteiger partial charge in [0.2, 0.25) is 0 Å². The molecule has 7 heteroatoms. The van der Waals surface area contributed by atoms with Gasteiger partial charge in [0.1, 0.15) is 5.69 Å². The molecule has 3 N–H and O–H groups in total. The van der Waals surface area contributed by atoms with Crippen molar-refractivity contribution in [2.45, 2.75) is 25.7 Å². The highest BCUT2D eigenvalue weighted by molar-refractivity contribution is 5.92. The highest BCUT2D eigenvalue weighted by Crippen LogP contribution is 2.13. The van der Waals surface area contributed by atoms with Crippen LogP contribution in [0.4, 0.5) is 0 Å². The molecule has 0 aromatic carbocycles. The monoisotopic (exact) mass is 268 g/mol. The number of rotatable bonds is 4. The third-order valence-electron chi connectivity index (χ3n) is 3.06. The summed E-state index contributed by atoms with van der Waals surface area (Å²) in [5.74, 6) is -0.135. The van der Waals surface area contributed by atoms with Crippen molar-refractivity contribution in [3.63, 3.8) is 0 Å². The summed E-state index contributed by atoms with van der Waals surface area (Å²) in [6.07, 6.45) is 2.90. The first-order valence-corrected chi connectivity index (χ1v) is 6.41. The number of imidazole rings is 1. The topological polar surface area (TPSA) is 93.6 Å². The Kier molecular flexibility index (Phi) is 4.52. The average Bonchev–Trinajstić information content (AvgIpc) is 2.86. The number of nitrogens with two attached hydrogens (primary N) is 1. The molecule has 0 aliphatic carbocycles. The fourth-order valence-corrected chi connectivity index (χ4v) is 2.22. The number of aliphatic hydroxyl groups is 1. The lowest BCUT2D eigenvalue weighted by Gasteiger charge is -2.35. The van der Waals surface area contributed by atoms with E-state index < -0.39 is 0 Å². The molecule has 1 saturated heterocycles. The van der Waals surface area contributed by atoms with E-state index in [9.17, 15) is 4.79 Å². The summed E-state index contributed by atoms with van der Waals surface area (Å²) in [5, 5.41) is 9.16. The first-order valence-electron chi connectivity index (χ1n) is 6.41. The van der Waals surface area contributed by atoms with Crippen LogP contribution in [0.25, 0.3) is 0 Å². The number of ether oxygens (including phenoxy) is 1. The van der Waals surface area contributed by atoms with E-state index in [2.05, 4.69) is 4.98 Å². The molecule has 106 valence electrons. The van der Waals surface area contributed by atoms with E-state index in [1.54, 1.807) is 22.0 Å². The van der Waals surface area contributed by atoms with Gasteiger partial charge in [-0.05, 0) is 6.92 Å². The van der Waals surface area contributed by atoms with Gasteiger partial charge < -0.3 is 25.0 Å². The zero-order valence-electron chi connectivity index (χ0n) is 11.0. The smallest absolute Gasteiger partial charge is 0.274 e. The van der Waals surface area contributed by atoms with E-state index in [0.717, 1.165) is 0 Å². The number of hydrogen-bond donors (Lipinski definition) is 2. The van der Waals surface area contributed by atoms with Crippen LogP contribution in [0, 0.1) is 0 Å². The van der Waals surface area contributed by atoms with Gasteiger partial charge in [-0.2, -0.15) is 0 Å². The predicted molar refractivity (Wildman–Crippen MR) is 68.6 cm³/mol. The van der Waals surface area contributed by atoms with Crippen molar-refractivity contribution in [1.29, 1.82) is 0 Å². The maximum atomic E-state index is 12.3. The van der Waals surface area contributed by atoms with Crippen molar-refractivity contribution < 1.29 is 14.6 Å². The van der Waals surface area contributed by atoms with E-state index in [1.807, 2.05) is 6.92 Å². The zero-order valence-corrected chi connectivity index (χ0v) is 11.0. The molecule has 2 heterocycles. The van der Waals surface area contributed by atoms with Gasteiger partial charge in [-0.25, -0.2) is 4.98 Å². The average molecular weight is 268 g/mol. The van der Waals surface area contributed by atoms with Crippen molar-refractivity contribution in [2.75, 3.05) is 26.2 Å². The second-order valence-corrected chi connectivity index (χ2v) is 4.75. The SMILES string of the molecule is CC1CN(C(=O)c2cn(CCN)cn2)CC(CO)O1. The molecule has 0 bridgehead atoms. The van der Waals surface area contributed by atoms with Crippen LogP contribution >= 0.6 is 0 Å². The minimum atomic E-state index is -0.321. The van der Waals surface area contributed by atoms with Crippen LogP contribution in [0.15, 0.2) is 12.5 Å². The second kappa shape index (κ2) is 6.14. The summed E-state index contributed by atoms with van der Waals surface area (Å²) >= 11 is 0. The third-order valence-corrected chi connectivity index (χ3v) is 3.06. The molecule has 0 radical (unpaired) electrons. The van der Waals surface area contributed by atoms with Crippen molar-refractivity contribution in [2.24, 2.45) is 5.73 Å². The number of morpholine rings is 1. The molecule has 1 amide bonds. The number of hydrogen-bond acceptors (Lipinski definition) is 5. The van der Waals surface area contributed by atoms with Crippen molar-refractivity contribution in [1.82, 2.24) is 14.5 Å². The predicted octanol–water partition coefficient (Wildman–Crippen LogP) is -0.936. The molecule has 1 aromatic rings. The Morgan fingerprint density at radius 3 is 3.11 bits per heavy atom. The second-order valence-electron chi connectivity index (χ2n) is 4.75. The number of aliphatic hydroxyl groups excluding tert-OH is 1. The molecular formula is C12H20N4O3. The maximum Gasteiger partial charge on any atom is 0.274 e. The first-order chi connectivity index (χ1) is 9.13. The fraction of sp³-hybridized carbons (Fsp3) is 0.667. The van der Waals surface area contributed by atoms with Crippen molar-refractivity contribution >= 4 is 5.91 Å². The lowest BCUT2D eigenvalue weighted by molar-refractivity contribution is -0.0859. The summed E-state index contributed by atoms with van der Waals surface area (Å²) in [4.78, 5) is 18.1. The molecular weight excluding hydrogens is 248 g/mol. The van der Waals surface area contributed by atoms with Crippen molar-refractivity contribution in [3.05, 3.63) is 18.2 Å². The van der Waals surface area contributed by atoms with Gasteiger partial charge in [0.25, 0.3) is 5.91 Å². The summed E-state index contributed by atoms with van der Waals surface area (Å²) in [6, 6.07) is 0. The van der Waals surface area contributed by atoms with Gasteiger partial charge >= 0.3 is 0 Å². The van der Waals surface area contributed by atoms with Crippen LogP contribution in [-0.2, 0) is 11.3 Å². The normalized spacial score (nSPS) is 23.6. The molecule has 0 spiro atoms. The minimum absolute atomic E-state index is 0.0824. The lowest BCUT2D eigenvalue weighted by Crippen LogP contribution is -2.50. The van der Waals surface area contributed by atoms with Crippen LogP contribution in [0.3, 0.4) is 0 Å². The van der Waals surface area contributed by atoms with E-state index in [0.29, 0.717) is 31.9 Å². The van der Waals surface area contributed by atoms with E-state index in [-0.39, 0.29) is 24.7 Å². The molecule has 7 nitrogen and oxygen atoms in total. The van der Waals surface area contributed by atoms with Gasteiger partial charge in [-0.1, -0.05) is 0 Å². The summed E-state index contributed by atoms with van der Waals surface area (Å²) < 4.78 is 7.30. The molecule has 0 saturated carbocycles. The Morgan fingerprint density at radius 1 is 1.63 bits per heavy atom. The van der Waals surface area contributed by atoms with Gasteiger partial charge in [0.05, 0.1) is 25.1 Å². The van der Waals surface area contributed by atoms with E-state index in [4.69, 9.17) is 15.6 Å². The number of aromatic nitrogens is 2. The quantitative estimate of drug-likeness (QED) is 0.735. The lowest BCUT2D eigenvalue weighted by atomic mass is 10.2. The largest absolute Gasteiger partial charge is 0.394 e. The van der Waals surface area contributed by atoms with Crippen LogP contribution in [0.5, 0.6) is 0 Å². The van der Waals surface area contributed by atoms with Gasteiger partial charge in [0, 0.05) is 32.4 Å². The maximum absolute atomic E-state index is 12.3. The molecule has 2 unspecified atom stereocenters. The highest BCUT2D eigenvalue weighted by atomic mass is 16.5. The molecule has 1 fully saturated rings. The summed E-state index contributed by atoms with van der Waals surface area (Å²) in [5.41, 5.74) is 5.86. The Hall–Kier alpha value is -1.44. The van der Waals surface area contributed by atoms with Crippen LogP contribution in [-0.4, -0.2) is 63.9 Å². The molecule has 2 rings (SSSR count). The molecule has 1 aliphatic rings. The Balaban J connectivity index is 2.05. The Labute approximate surface area is 112 Å². The zero-order chi connectivity index (χ0) is 13.8. The van der Waals surface area contributed by atoms with E-state index in [1.165, 1.54) is 0 Å². The number of carbonyl (C=O) groups is 1. The summed E-state index contributed by atoms with van der Waals surface area (Å²) in [6.45, 7) is 3.84. The third kappa shape index (κ3) is 3.31. The number of amides is 1. The fourth-order valence-electron chi connectivity index (χ4n) is 2.22. The van der Waals surface area contributed by atoms with Gasteiger partial charge in [-0.3, -0.25) is 4.79 Å². The molecule has 2 atom stereocenters. The number of nitrogens with zero attached hydrogens (tertiary/aromatic N) is 3. The first kappa shape index (κ1) is 14.0. The van der Waals surface area contributed by atoms with Gasteiger partial charge in [0.15, 0.2) is 0 Å². The molecule has 1 aliphatic heterocycles. The van der Waals surface area contributed by atoms with Crippen LogP contribution in [0.1, 0.15) is 17.4 Å². The van der Waals surface area contributed by atoms with Crippen LogP contribution in [0.2, 0.25) is 0 Å². The van der Waals surface area contributed by atoms with Crippen LogP contribution < -0.4 is 5.73 Å². The van der Waals surface area contributed by atoms with Gasteiger partial charge in [-0.15, -0.1) is 0 Å². The standard InChI is InChI=1S/C12H20N4O3/c1-9-4-16(5-10(7-17)19-9)12(18)11-6-15(3-2-13)8-14-11/h6,8-10,17H,2-5,7,13H2,1H3. The summed E-state index contributed by atoms with van der Waals surface area (Å²) in [7, 11) is 0. The number of carbonyl (C=O) groups excluding carboxylic acids is 1. The molecule has 1 aromatic heterocycles.